The van der Waals surface area contributed by atoms with Gasteiger partial charge in [-0.15, -0.1) is 0 Å². The summed E-state index contributed by atoms with van der Waals surface area (Å²) >= 11 is 0. The van der Waals surface area contributed by atoms with E-state index < -0.39 is 0 Å². The highest BCUT2D eigenvalue weighted by Crippen LogP contribution is 2.24. The molecule has 1 saturated heterocycles. The van der Waals surface area contributed by atoms with E-state index in [0.29, 0.717) is 5.56 Å². The lowest BCUT2D eigenvalue weighted by molar-refractivity contribution is -0.122. The van der Waals surface area contributed by atoms with Crippen LogP contribution in [0.4, 0.5) is 4.39 Å². The Morgan fingerprint density at radius 1 is 1.39 bits per heavy atom. The van der Waals surface area contributed by atoms with Crippen LogP contribution in [0.2, 0.25) is 0 Å². The maximum atomic E-state index is 13.3. The van der Waals surface area contributed by atoms with Gasteiger partial charge in [0.1, 0.15) is 5.82 Å². The molecule has 0 aliphatic carbocycles. The van der Waals surface area contributed by atoms with Crippen LogP contribution in [0, 0.1) is 12.7 Å². The van der Waals surface area contributed by atoms with E-state index in [-0.39, 0.29) is 17.6 Å². The molecule has 1 atom stereocenters. The predicted molar refractivity (Wildman–Crippen MR) is 69.0 cm³/mol. The molecule has 1 unspecified atom stereocenters. The Labute approximate surface area is 107 Å². The van der Waals surface area contributed by atoms with Gasteiger partial charge in [0.15, 0.2) is 5.78 Å². The summed E-state index contributed by atoms with van der Waals surface area (Å²) in [5.41, 5.74) is 1.48. The van der Waals surface area contributed by atoms with Crippen molar-refractivity contribution in [2.24, 2.45) is 0 Å². The van der Waals surface area contributed by atoms with E-state index >= 15 is 0 Å². The molecule has 4 heteroatoms. The van der Waals surface area contributed by atoms with Crippen molar-refractivity contribution >= 4 is 5.78 Å². The summed E-state index contributed by atoms with van der Waals surface area (Å²) in [4.78, 5) is 14.0. The molecule has 0 bridgehead atoms. The van der Waals surface area contributed by atoms with Gasteiger partial charge >= 0.3 is 0 Å². The Kier molecular flexibility index (Phi) is 4.09. The van der Waals surface area contributed by atoms with Crippen molar-refractivity contribution in [3.05, 3.63) is 35.1 Å². The number of nitrogens with zero attached hydrogens (tertiary/aromatic N) is 1. The van der Waals surface area contributed by atoms with E-state index in [2.05, 4.69) is 10.2 Å². The number of ketones is 1. The standard InChI is InChI=1S/C14H19FN2O/c1-10-9-12(3-4-13(10)15)14(11(2)18)17-7-5-16-6-8-17/h3-4,9,14,16H,5-8H2,1-2H3. The number of aryl methyl sites for hydroxylation is 1. The van der Waals surface area contributed by atoms with Crippen LogP contribution >= 0.6 is 0 Å². The van der Waals surface area contributed by atoms with E-state index in [9.17, 15) is 9.18 Å². The van der Waals surface area contributed by atoms with Gasteiger partial charge in [-0.05, 0) is 31.0 Å². The first-order chi connectivity index (χ1) is 8.59. The number of hydrogen-bond donors (Lipinski definition) is 1. The third-order valence-electron chi connectivity index (χ3n) is 3.40. The molecule has 18 heavy (non-hydrogen) atoms. The highest BCUT2D eigenvalue weighted by molar-refractivity contribution is 5.83. The topological polar surface area (TPSA) is 32.3 Å². The van der Waals surface area contributed by atoms with Crippen LogP contribution in [0.1, 0.15) is 24.1 Å². The molecule has 2 rings (SSSR count). The van der Waals surface area contributed by atoms with E-state index in [4.69, 9.17) is 0 Å². The highest BCUT2D eigenvalue weighted by atomic mass is 19.1. The van der Waals surface area contributed by atoms with Crippen molar-refractivity contribution in [3.8, 4) is 0 Å². The first-order valence-electron chi connectivity index (χ1n) is 6.31. The number of piperazine rings is 1. The van der Waals surface area contributed by atoms with Crippen LogP contribution in [-0.2, 0) is 4.79 Å². The van der Waals surface area contributed by atoms with E-state index in [1.807, 2.05) is 0 Å². The average Bonchev–Trinajstić information content (AvgIpc) is 2.35. The quantitative estimate of drug-likeness (QED) is 0.885. The van der Waals surface area contributed by atoms with E-state index in [1.54, 1.807) is 26.0 Å². The minimum atomic E-state index is -0.244. The third-order valence-corrected chi connectivity index (χ3v) is 3.40. The molecule has 1 aromatic rings. The lowest BCUT2D eigenvalue weighted by Crippen LogP contribution is -2.46. The normalized spacial score (nSPS) is 18.6. The number of Topliss-reactive ketones (excluding diaryl/α,β-unsaturated/α-hetero) is 1. The molecule has 1 fully saturated rings. The molecule has 0 saturated carbocycles. The zero-order valence-corrected chi connectivity index (χ0v) is 10.9. The summed E-state index contributed by atoms with van der Waals surface area (Å²) in [7, 11) is 0. The fourth-order valence-corrected chi connectivity index (χ4v) is 2.48. The van der Waals surface area contributed by atoms with Gasteiger partial charge in [-0.3, -0.25) is 9.69 Å². The Morgan fingerprint density at radius 2 is 2.06 bits per heavy atom. The van der Waals surface area contributed by atoms with Gasteiger partial charge in [0.25, 0.3) is 0 Å². The summed E-state index contributed by atoms with van der Waals surface area (Å²) in [6.07, 6.45) is 0. The Balaban J connectivity index is 2.28. The summed E-state index contributed by atoms with van der Waals surface area (Å²) in [6, 6.07) is 4.70. The number of nitrogens with one attached hydrogen (secondary N) is 1. The molecular formula is C14H19FN2O. The minimum Gasteiger partial charge on any atom is -0.314 e. The molecule has 0 amide bonds. The monoisotopic (exact) mass is 250 g/mol. The largest absolute Gasteiger partial charge is 0.314 e. The molecule has 0 radical (unpaired) electrons. The second kappa shape index (κ2) is 5.59. The molecule has 1 aromatic carbocycles. The molecule has 0 aromatic heterocycles. The Bertz CT molecular complexity index is 441. The SMILES string of the molecule is CC(=O)C(c1ccc(F)c(C)c1)N1CCNCC1. The van der Waals surface area contributed by atoms with Gasteiger partial charge in [0, 0.05) is 26.2 Å². The second-order valence-electron chi connectivity index (χ2n) is 4.81. The van der Waals surface area contributed by atoms with Crippen LogP contribution in [0.3, 0.4) is 0 Å². The van der Waals surface area contributed by atoms with Gasteiger partial charge in [-0.2, -0.15) is 0 Å². The molecule has 1 aliphatic heterocycles. The summed E-state index contributed by atoms with van der Waals surface area (Å²) in [5.74, 6) is -0.107. The summed E-state index contributed by atoms with van der Waals surface area (Å²) in [6.45, 7) is 6.81. The van der Waals surface area contributed by atoms with Gasteiger partial charge in [0.2, 0.25) is 0 Å². The zero-order chi connectivity index (χ0) is 13.1. The Morgan fingerprint density at radius 3 is 2.61 bits per heavy atom. The average molecular weight is 250 g/mol. The lowest BCUT2D eigenvalue weighted by atomic mass is 9.99. The first-order valence-corrected chi connectivity index (χ1v) is 6.31. The molecule has 1 N–H and O–H groups in total. The van der Waals surface area contributed by atoms with Crippen molar-refractivity contribution < 1.29 is 9.18 Å². The van der Waals surface area contributed by atoms with Crippen LogP contribution in [0.15, 0.2) is 18.2 Å². The minimum absolute atomic E-state index is 0.114. The van der Waals surface area contributed by atoms with Gasteiger partial charge < -0.3 is 5.32 Å². The first kappa shape index (κ1) is 13.2. The fraction of sp³-hybridized carbons (Fsp3) is 0.500. The van der Waals surface area contributed by atoms with E-state index in [1.165, 1.54) is 6.07 Å². The predicted octanol–water partition coefficient (Wildman–Crippen LogP) is 1.67. The highest BCUT2D eigenvalue weighted by Gasteiger charge is 2.26. The molecular weight excluding hydrogens is 231 g/mol. The number of halogens is 1. The van der Waals surface area contributed by atoms with Crippen LogP contribution in [-0.4, -0.2) is 36.9 Å². The second-order valence-corrected chi connectivity index (χ2v) is 4.81. The molecule has 0 spiro atoms. The molecule has 3 nitrogen and oxygen atoms in total. The van der Waals surface area contributed by atoms with Crippen molar-refractivity contribution in [3.63, 3.8) is 0 Å². The van der Waals surface area contributed by atoms with Gasteiger partial charge in [0.05, 0.1) is 6.04 Å². The smallest absolute Gasteiger partial charge is 0.151 e. The summed E-state index contributed by atoms with van der Waals surface area (Å²) in [5, 5.41) is 3.27. The van der Waals surface area contributed by atoms with Gasteiger partial charge in [-0.1, -0.05) is 12.1 Å². The van der Waals surface area contributed by atoms with Crippen molar-refractivity contribution in [1.82, 2.24) is 10.2 Å². The maximum Gasteiger partial charge on any atom is 0.151 e. The lowest BCUT2D eigenvalue weighted by Gasteiger charge is -2.33. The van der Waals surface area contributed by atoms with Gasteiger partial charge in [-0.25, -0.2) is 4.39 Å². The maximum absolute atomic E-state index is 13.3. The van der Waals surface area contributed by atoms with Crippen LogP contribution in [0.25, 0.3) is 0 Å². The third kappa shape index (κ3) is 2.76. The number of carbonyl (C=O) groups is 1. The molecule has 1 aliphatic rings. The number of rotatable bonds is 3. The van der Waals surface area contributed by atoms with Crippen LogP contribution in [0.5, 0.6) is 0 Å². The van der Waals surface area contributed by atoms with Crippen molar-refractivity contribution in [2.45, 2.75) is 19.9 Å². The number of hydrogen-bond acceptors (Lipinski definition) is 3. The van der Waals surface area contributed by atoms with Crippen molar-refractivity contribution in [1.29, 1.82) is 0 Å². The summed E-state index contributed by atoms with van der Waals surface area (Å²) < 4.78 is 13.3. The zero-order valence-electron chi connectivity index (χ0n) is 10.9. The fourth-order valence-electron chi connectivity index (χ4n) is 2.48. The Hall–Kier alpha value is -1.26. The van der Waals surface area contributed by atoms with Crippen molar-refractivity contribution in [2.75, 3.05) is 26.2 Å². The number of benzene rings is 1. The van der Waals surface area contributed by atoms with Crippen LogP contribution < -0.4 is 5.32 Å². The number of carbonyl (C=O) groups excluding carboxylic acids is 1. The molecule has 1 heterocycles. The molecule has 98 valence electrons. The van der Waals surface area contributed by atoms with E-state index in [0.717, 1.165) is 31.7 Å².